The van der Waals surface area contributed by atoms with E-state index < -0.39 is 6.10 Å². The predicted molar refractivity (Wildman–Crippen MR) is 83.0 cm³/mol. The lowest BCUT2D eigenvalue weighted by molar-refractivity contribution is 0.187. The molecule has 1 aromatic heterocycles. The van der Waals surface area contributed by atoms with Crippen LogP contribution in [0.3, 0.4) is 0 Å². The summed E-state index contributed by atoms with van der Waals surface area (Å²) in [5, 5.41) is 12.1. The zero-order chi connectivity index (χ0) is 15.0. The van der Waals surface area contributed by atoms with Gasteiger partial charge in [-0.15, -0.1) is 0 Å². The van der Waals surface area contributed by atoms with Crippen molar-refractivity contribution in [2.45, 2.75) is 13.0 Å². The highest BCUT2D eigenvalue weighted by Gasteiger charge is 2.19. The van der Waals surface area contributed by atoms with E-state index >= 15 is 0 Å². The number of benzene rings is 2. The number of aryl methyl sites for hydroxylation is 1. The lowest BCUT2D eigenvalue weighted by Gasteiger charge is -2.13. The number of hydrogen-bond acceptors (Lipinski definition) is 3. The zero-order valence-corrected chi connectivity index (χ0v) is 12.5. The Bertz CT molecular complexity index is 792. The Labute approximate surface area is 127 Å². The van der Waals surface area contributed by atoms with Crippen molar-refractivity contribution in [2.75, 3.05) is 7.11 Å². The number of halogens is 1. The van der Waals surface area contributed by atoms with Gasteiger partial charge >= 0.3 is 0 Å². The molecule has 0 radical (unpaired) electrons. The van der Waals surface area contributed by atoms with Gasteiger partial charge in [0, 0.05) is 16.0 Å². The summed E-state index contributed by atoms with van der Waals surface area (Å²) in [5.74, 6) is 1.10. The Morgan fingerprint density at radius 1 is 1.14 bits per heavy atom. The van der Waals surface area contributed by atoms with Crippen LogP contribution in [-0.4, -0.2) is 12.2 Å². The van der Waals surface area contributed by atoms with E-state index in [0.717, 1.165) is 10.9 Å². The molecular formula is C17H15ClO3. The molecule has 0 amide bonds. The van der Waals surface area contributed by atoms with Crippen molar-refractivity contribution < 1.29 is 14.3 Å². The number of methoxy groups -OCH3 is 1. The Hall–Kier alpha value is -1.97. The molecule has 1 heterocycles. The molecule has 1 unspecified atom stereocenters. The monoisotopic (exact) mass is 302 g/mol. The van der Waals surface area contributed by atoms with Crippen LogP contribution in [0, 0.1) is 6.92 Å². The largest absolute Gasteiger partial charge is 0.496 e. The van der Waals surface area contributed by atoms with Crippen molar-refractivity contribution in [1.29, 1.82) is 0 Å². The first-order valence-corrected chi connectivity index (χ1v) is 6.98. The Morgan fingerprint density at radius 3 is 2.71 bits per heavy atom. The van der Waals surface area contributed by atoms with Crippen LogP contribution in [0.25, 0.3) is 11.0 Å². The maximum atomic E-state index is 10.6. The maximum absolute atomic E-state index is 10.6. The van der Waals surface area contributed by atoms with E-state index in [0.29, 0.717) is 27.7 Å². The van der Waals surface area contributed by atoms with Crippen molar-refractivity contribution >= 4 is 22.6 Å². The molecule has 2 aromatic carbocycles. The van der Waals surface area contributed by atoms with Gasteiger partial charge in [-0.05, 0) is 43.3 Å². The van der Waals surface area contributed by atoms with Gasteiger partial charge in [-0.25, -0.2) is 0 Å². The summed E-state index contributed by atoms with van der Waals surface area (Å²) in [6.07, 6.45) is -0.883. The standard InChI is InChI=1S/C17H15ClO3/c1-10-3-5-15(20-2)13(7-10)17(19)16-9-11-8-12(18)4-6-14(11)21-16/h3-9,17,19H,1-2H3. The second kappa shape index (κ2) is 5.43. The summed E-state index contributed by atoms with van der Waals surface area (Å²) in [6.45, 7) is 1.97. The van der Waals surface area contributed by atoms with E-state index in [9.17, 15) is 5.11 Å². The molecule has 0 saturated heterocycles. The minimum absolute atomic E-state index is 0.469. The maximum Gasteiger partial charge on any atom is 0.140 e. The molecule has 0 bridgehead atoms. The summed E-state index contributed by atoms with van der Waals surface area (Å²) in [6, 6.07) is 12.8. The Balaban J connectivity index is 2.07. The first-order chi connectivity index (χ1) is 10.1. The predicted octanol–water partition coefficient (Wildman–Crippen LogP) is 4.48. The van der Waals surface area contributed by atoms with Gasteiger partial charge in [0.1, 0.15) is 23.2 Å². The molecule has 0 aliphatic rings. The average Bonchev–Trinajstić information content (AvgIpc) is 2.89. The minimum atomic E-state index is -0.883. The minimum Gasteiger partial charge on any atom is -0.496 e. The van der Waals surface area contributed by atoms with E-state index in [1.54, 1.807) is 25.3 Å². The molecule has 0 aliphatic heterocycles. The molecule has 108 valence electrons. The van der Waals surface area contributed by atoms with Crippen molar-refractivity contribution in [3.8, 4) is 5.75 Å². The molecule has 3 nitrogen and oxygen atoms in total. The van der Waals surface area contributed by atoms with E-state index in [4.69, 9.17) is 20.8 Å². The van der Waals surface area contributed by atoms with Crippen LogP contribution in [0.2, 0.25) is 5.02 Å². The summed E-state index contributed by atoms with van der Waals surface area (Å²) in [7, 11) is 1.58. The second-order valence-corrected chi connectivity index (χ2v) is 5.42. The normalized spacial score (nSPS) is 12.6. The number of rotatable bonds is 3. The van der Waals surface area contributed by atoms with E-state index in [-0.39, 0.29) is 0 Å². The lowest BCUT2D eigenvalue weighted by atomic mass is 10.0. The highest BCUT2D eigenvalue weighted by atomic mass is 35.5. The highest BCUT2D eigenvalue weighted by Crippen LogP contribution is 2.34. The molecule has 0 spiro atoms. The topological polar surface area (TPSA) is 42.6 Å². The first-order valence-electron chi connectivity index (χ1n) is 6.60. The molecule has 21 heavy (non-hydrogen) atoms. The summed E-state index contributed by atoms with van der Waals surface area (Å²) < 4.78 is 11.0. The number of aliphatic hydroxyl groups excluding tert-OH is 1. The van der Waals surface area contributed by atoms with Gasteiger partial charge in [-0.3, -0.25) is 0 Å². The molecule has 0 aliphatic carbocycles. The molecule has 0 fully saturated rings. The van der Waals surface area contributed by atoms with Gasteiger partial charge in [0.15, 0.2) is 0 Å². The summed E-state index contributed by atoms with van der Waals surface area (Å²) >= 11 is 5.97. The third-order valence-electron chi connectivity index (χ3n) is 3.45. The molecular weight excluding hydrogens is 288 g/mol. The third-order valence-corrected chi connectivity index (χ3v) is 3.68. The van der Waals surface area contributed by atoms with Crippen LogP contribution < -0.4 is 4.74 Å². The lowest BCUT2D eigenvalue weighted by Crippen LogP contribution is -2.01. The number of furan rings is 1. The summed E-state index contributed by atoms with van der Waals surface area (Å²) in [5.41, 5.74) is 2.42. The van der Waals surface area contributed by atoms with Crippen molar-refractivity contribution in [1.82, 2.24) is 0 Å². The fourth-order valence-corrected chi connectivity index (χ4v) is 2.57. The van der Waals surface area contributed by atoms with Gasteiger partial charge in [-0.1, -0.05) is 23.2 Å². The smallest absolute Gasteiger partial charge is 0.140 e. The number of fused-ring (bicyclic) bond motifs is 1. The van der Waals surface area contributed by atoms with Crippen LogP contribution >= 0.6 is 11.6 Å². The SMILES string of the molecule is COc1ccc(C)cc1C(O)c1cc2cc(Cl)ccc2o1. The third kappa shape index (κ3) is 2.62. The molecule has 1 atom stereocenters. The van der Waals surface area contributed by atoms with Gasteiger partial charge in [0.2, 0.25) is 0 Å². The number of aliphatic hydroxyl groups is 1. The first kappa shape index (κ1) is 14.0. The van der Waals surface area contributed by atoms with Crippen molar-refractivity contribution in [2.24, 2.45) is 0 Å². The summed E-state index contributed by atoms with van der Waals surface area (Å²) in [4.78, 5) is 0. The fourth-order valence-electron chi connectivity index (χ4n) is 2.39. The Kier molecular flexibility index (Phi) is 3.62. The second-order valence-electron chi connectivity index (χ2n) is 4.98. The zero-order valence-electron chi connectivity index (χ0n) is 11.8. The van der Waals surface area contributed by atoms with Crippen molar-refractivity contribution in [3.05, 3.63) is 64.4 Å². The van der Waals surface area contributed by atoms with Crippen LogP contribution in [0.1, 0.15) is 23.0 Å². The molecule has 4 heteroatoms. The Morgan fingerprint density at radius 2 is 1.95 bits per heavy atom. The van der Waals surface area contributed by atoms with Gasteiger partial charge in [-0.2, -0.15) is 0 Å². The van der Waals surface area contributed by atoms with Crippen LogP contribution in [-0.2, 0) is 0 Å². The number of ether oxygens (including phenoxy) is 1. The van der Waals surface area contributed by atoms with Gasteiger partial charge in [0.05, 0.1) is 7.11 Å². The fraction of sp³-hybridized carbons (Fsp3) is 0.176. The molecule has 3 aromatic rings. The van der Waals surface area contributed by atoms with Gasteiger partial charge < -0.3 is 14.3 Å². The quantitative estimate of drug-likeness (QED) is 0.775. The van der Waals surface area contributed by atoms with Crippen LogP contribution in [0.5, 0.6) is 5.75 Å². The highest BCUT2D eigenvalue weighted by molar-refractivity contribution is 6.31. The molecule has 1 N–H and O–H groups in total. The number of hydrogen-bond donors (Lipinski definition) is 1. The van der Waals surface area contributed by atoms with E-state index in [2.05, 4.69) is 0 Å². The average molecular weight is 303 g/mol. The van der Waals surface area contributed by atoms with E-state index in [1.165, 1.54) is 0 Å². The van der Waals surface area contributed by atoms with Gasteiger partial charge in [0.25, 0.3) is 0 Å². The van der Waals surface area contributed by atoms with Crippen molar-refractivity contribution in [3.63, 3.8) is 0 Å². The van der Waals surface area contributed by atoms with Crippen LogP contribution in [0.4, 0.5) is 0 Å². The molecule has 3 rings (SSSR count). The molecule has 0 saturated carbocycles. The van der Waals surface area contributed by atoms with E-state index in [1.807, 2.05) is 31.2 Å². The van der Waals surface area contributed by atoms with Crippen LogP contribution in [0.15, 0.2) is 46.9 Å².